The van der Waals surface area contributed by atoms with Crippen LogP contribution < -0.4 is 15.4 Å². The quantitative estimate of drug-likeness (QED) is 0.306. The average Bonchev–Trinajstić information content (AvgIpc) is 3.27. The predicted octanol–water partition coefficient (Wildman–Crippen LogP) is 3.30. The van der Waals surface area contributed by atoms with Gasteiger partial charge in [0.25, 0.3) is 0 Å². The first-order valence-corrected chi connectivity index (χ1v) is 7.56. The molecule has 1 saturated carbocycles. The zero-order chi connectivity index (χ0) is 14.2. The second kappa shape index (κ2) is 10.1. The molecule has 4 nitrogen and oxygen atoms in total. The molecule has 0 aromatic heterocycles. The molecule has 1 aromatic rings. The Hall–Kier alpha value is -0.690. The molecule has 118 valence electrons. The average molecular weight is 424 g/mol. The molecule has 1 aromatic carbocycles. The molecule has 6 heteroatoms. The molecule has 0 amide bonds. The molecule has 0 aliphatic heterocycles. The minimum absolute atomic E-state index is 0. The van der Waals surface area contributed by atoms with Crippen LogP contribution in [0.1, 0.15) is 19.8 Å². The van der Waals surface area contributed by atoms with Crippen molar-refractivity contribution in [3.63, 3.8) is 0 Å². The van der Waals surface area contributed by atoms with Gasteiger partial charge in [0.15, 0.2) is 5.96 Å². The van der Waals surface area contributed by atoms with E-state index >= 15 is 0 Å². The van der Waals surface area contributed by atoms with Gasteiger partial charge in [-0.15, -0.1) is 24.0 Å². The van der Waals surface area contributed by atoms with Gasteiger partial charge < -0.3 is 15.4 Å². The number of ether oxygens (including phenoxy) is 1. The van der Waals surface area contributed by atoms with Crippen molar-refractivity contribution in [2.24, 2.45) is 10.9 Å². The van der Waals surface area contributed by atoms with Crippen LogP contribution in [-0.2, 0) is 0 Å². The van der Waals surface area contributed by atoms with E-state index in [2.05, 4.69) is 22.5 Å². The molecule has 0 spiro atoms. The van der Waals surface area contributed by atoms with Crippen LogP contribution in [0.15, 0.2) is 29.3 Å². The van der Waals surface area contributed by atoms with E-state index in [1.165, 1.54) is 12.8 Å². The summed E-state index contributed by atoms with van der Waals surface area (Å²) in [7, 11) is 0. The summed E-state index contributed by atoms with van der Waals surface area (Å²) in [6.45, 7) is 5.18. The van der Waals surface area contributed by atoms with Crippen LogP contribution in [0.3, 0.4) is 0 Å². The number of rotatable bonds is 7. The smallest absolute Gasteiger partial charge is 0.191 e. The number of aliphatic imine (C=N–C) groups is 1. The van der Waals surface area contributed by atoms with Crippen LogP contribution >= 0.6 is 35.6 Å². The third kappa shape index (κ3) is 7.76. The molecule has 0 atom stereocenters. The zero-order valence-corrected chi connectivity index (χ0v) is 15.4. The van der Waals surface area contributed by atoms with Gasteiger partial charge in [-0.05, 0) is 49.9 Å². The highest BCUT2D eigenvalue weighted by Gasteiger charge is 2.20. The molecule has 21 heavy (non-hydrogen) atoms. The molecule has 2 N–H and O–H groups in total. The predicted molar refractivity (Wildman–Crippen MR) is 99.1 cm³/mol. The first-order chi connectivity index (χ1) is 9.78. The summed E-state index contributed by atoms with van der Waals surface area (Å²) in [4.78, 5) is 4.55. The minimum atomic E-state index is 0. The van der Waals surface area contributed by atoms with Crippen molar-refractivity contribution in [3.8, 4) is 5.75 Å². The van der Waals surface area contributed by atoms with Gasteiger partial charge in [-0.3, -0.25) is 4.99 Å². The number of nitrogens with zero attached hydrogens (tertiary/aromatic N) is 1. The SMILES string of the molecule is CCNC(=NCC1CC1)NCCOc1ccc(Cl)cc1.I. The van der Waals surface area contributed by atoms with Crippen molar-refractivity contribution < 1.29 is 4.74 Å². The normalized spacial score (nSPS) is 14.3. The van der Waals surface area contributed by atoms with Gasteiger partial charge in [-0.25, -0.2) is 0 Å². The van der Waals surface area contributed by atoms with Crippen LogP contribution in [0, 0.1) is 5.92 Å². The highest BCUT2D eigenvalue weighted by atomic mass is 127. The summed E-state index contributed by atoms with van der Waals surface area (Å²) < 4.78 is 5.62. The van der Waals surface area contributed by atoms with Crippen molar-refractivity contribution in [2.75, 3.05) is 26.2 Å². The molecule has 0 radical (unpaired) electrons. The van der Waals surface area contributed by atoms with Crippen LogP contribution in [0.4, 0.5) is 0 Å². The number of halogens is 2. The number of nitrogens with one attached hydrogen (secondary N) is 2. The highest BCUT2D eigenvalue weighted by molar-refractivity contribution is 14.0. The second-order valence-electron chi connectivity index (χ2n) is 4.89. The van der Waals surface area contributed by atoms with Gasteiger partial charge >= 0.3 is 0 Å². The van der Waals surface area contributed by atoms with Crippen LogP contribution in [0.25, 0.3) is 0 Å². The molecule has 1 fully saturated rings. The van der Waals surface area contributed by atoms with Crippen molar-refractivity contribution in [1.82, 2.24) is 10.6 Å². The molecular weight excluding hydrogens is 401 g/mol. The van der Waals surface area contributed by atoms with Crippen LogP contribution in [-0.4, -0.2) is 32.2 Å². The second-order valence-corrected chi connectivity index (χ2v) is 5.33. The third-order valence-corrected chi connectivity index (χ3v) is 3.28. The maximum Gasteiger partial charge on any atom is 0.191 e. The van der Waals surface area contributed by atoms with E-state index in [0.29, 0.717) is 6.61 Å². The molecule has 2 rings (SSSR count). The number of hydrogen-bond acceptors (Lipinski definition) is 2. The Kier molecular flexibility index (Phi) is 8.84. The fourth-order valence-corrected chi connectivity index (χ4v) is 1.86. The van der Waals surface area contributed by atoms with Crippen molar-refractivity contribution >= 4 is 41.5 Å². The topological polar surface area (TPSA) is 45.7 Å². The maximum absolute atomic E-state index is 5.82. The zero-order valence-electron chi connectivity index (χ0n) is 12.3. The van der Waals surface area contributed by atoms with Gasteiger partial charge in [0.2, 0.25) is 0 Å². The Morgan fingerprint density at radius 1 is 1.29 bits per heavy atom. The summed E-state index contributed by atoms with van der Waals surface area (Å²) in [5.74, 6) is 2.51. The first-order valence-electron chi connectivity index (χ1n) is 7.18. The number of benzene rings is 1. The van der Waals surface area contributed by atoms with E-state index in [0.717, 1.165) is 42.3 Å². The lowest BCUT2D eigenvalue weighted by Crippen LogP contribution is -2.39. The third-order valence-electron chi connectivity index (χ3n) is 3.03. The molecule has 1 aliphatic carbocycles. The number of hydrogen-bond donors (Lipinski definition) is 2. The monoisotopic (exact) mass is 423 g/mol. The Bertz CT molecular complexity index is 435. The van der Waals surface area contributed by atoms with E-state index in [1.54, 1.807) is 0 Å². The van der Waals surface area contributed by atoms with Gasteiger partial charge in [-0.1, -0.05) is 11.6 Å². The largest absolute Gasteiger partial charge is 0.492 e. The summed E-state index contributed by atoms with van der Waals surface area (Å²) in [5, 5.41) is 7.23. The summed E-state index contributed by atoms with van der Waals surface area (Å²) in [6, 6.07) is 7.39. The van der Waals surface area contributed by atoms with Gasteiger partial charge in [0.05, 0.1) is 6.54 Å². The van der Waals surface area contributed by atoms with E-state index in [1.807, 2.05) is 24.3 Å². The van der Waals surface area contributed by atoms with Crippen LogP contribution in [0.2, 0.25) is 5.02 Å². The summed E-state index contributed by atoms with van der Waals surface area (Å²) in [5.41, 5.74) is 0. The van der Waals surface area contributed by atoms with Crippen molar-refractivity contribution in [2.45, 2.75) is 19.8 Å². The molecule has 0 unspecified atom stereocenters. The standard InChI is InChI=1S/C15H22ClN3O.HI/c1-2-17-15(19-11-12-3-4-12)18-9-10-20-14-7-5-13(16)6-8-14;/h5-8,12H,2-4,9-11H2,1H3,(H2,17,18,19);1H. The Morgan fingerprint density at radius 3 is 2.62 bits per heavy atom. The summed E-state index contributed by atoms with van der Waals surface area (Å²) >= 11 is 5.82. The Balaban J connectivity index is 0.00000220. The van der Waals surface area contributed by atoms with Crippen LogP contribution in [0.5, 0.6) is 5.75 Å². The molecule has 1 aliphatic rings. The fraction of sp³-hybridized carbons (Fsp3) is 0.533. The van der Waals surface area contributed by atoms with E-state index < -0.39 is 0 Å². The maximum atomic E-state index is 5.82. The Labute approximate surface area is 148 Å². The molecular formula is C15H23ClIN3O. The van der Waals surface area contributed by atoms with E-state index in [4.69, 9.17) is 16.3 Å². The van der Waals surface area contributed by atoms with E-state index in [9.17, 15) is 0 Å². The number of guanidine groups is 1. The fourth-order valence-electron chi connectivity index (χ4n) is 1.73. The lowest BCUT2D eigenvalue weighted by Gasteiger charge is -2.12. The minimum Gasteiger partial charge on any atom is -0.492 e. The molecule has 0 heterocycles. The first kappa shape index (κ1) is 18.4. The Morgan fingerprint density at radius 2 is 2.00 bits per heavy atom. The highest BCUT2D eigenvalue weighted by Crippen LogP contribution is 2.28. The van der Waals surface area contributed by atoms with E-state index in [-0.39, 0.29) is 24.0 Å². The summed E-state index contributed by atoms with van der Waals surface area (Å²) in [6.07, 6.45) is 2.64. The molecule has 0 bridgehead atoms. The van der Waals surface area contributed by atoms with Gasteiger partial charge in [0.1, 0.15) is 12.4 Å². The van der Waals surface area contributed by atoms with Crippen molar-refractivity contribution in [1.29, 1.82) is 0 Å². The lowest BCUT2D eigenvalue weighted by atomic mass is 10.3. The van der Waals surface area contributed by atoms with Gasteiger partial charge in [0, 0.05) is 18.1 Å². The van der Waals surface area contributed by atoms with Gasteiger partial charge in [-0.2, -0.15) is 0 Å². The lowest BCUT2D eigenvalue weighted by molar-refractivity contribution is 0.322. The van der Waals surface area contributed by atoms with Crippen molar-refractivity contribution in [3.05, 3.63) is 29.3 Å². The molecule has 0 saturated heterocycles.